The summed E-state index contributed by atoms with van der Waals surface area (Å²) in [6.07, 6.45) is 1.70. The predicted octanol–water partition coefficient (Wildman–Crippen LogP) is 3.44. The van der Waals surface area contributed by atoms with E-state index in [4.69, 9.17) is 21.1 Å². The number of nitrogens with zero attached hydrogens (tertiary/aromatic N) is 2. The van der Waals surface area contributed by atoms with E-state index in [0.29, 0.717) is 23.1 Å². The Morgan fingerprint density at radius 1 is 1.00 bits per heavy atom. The van der Waals surface area contributed by atoms with Crippen LogP contribution >= 0.6 is 11.6 Å². The fourth-order valence-corrected chi connectivity index (χ4v) is 4.40. The Kier molecular flexibility index (Phi) is 6.34. The Labute approximate surface area is 186 Å². The molecule has 0 aromatic heterocycles. The summed E-state index contributed by atoms with van der Waals surface area (Å²) in [5, 5.41) is 3.94. The van der Waals surface area contributed by atoms with Gasteiger partial charge in [-0.25, -0.2) is 4.79 Å². The molecule has 0 spiro atoms. The number of carbonyl (C=O) groups is 2. The monoisotopic (exact) mass is 443 g/mol. The third-order valence-electron chi connectivity index (χ3n) is 5.85. The van der Waals surface area contributed by atoms with Crippen LogP contribution in [0.3, 0.4) is 0 Å². The second-order valence-corrected chi connectivity index (χ2v) is 8.26. The van der Waals surface area contributed by atoms with Gasteiger partial charge >= 0.3 is 6.03 Å². The molecule has 4 rings (SSSR count). The molecule has 2 aromatic carbocycles. The molecule has 2 saturated heterocycles. The van der Waals surface area contributed by atoms with E-state index in [1.165, 1.54) is 4.90 Å². The Morgan fingerprint density at radius 3 is 2.32 bits per heavy atom. The minimum atomic E-state index is -0.411. The molecule has 2 unspecified atom stereocenters. The lowest BCUT2D eigenvalue weighted by atomic mass is 9.92. The summed E-state index contributed by atoms with van der Waals surface area (Å²) in [5.74, 6) is 1.14. The van der Waals surface area contributed by atoms with Gasteiger partial charge in [0.15, 0.2) is 0 Å². The third-order valence-corrected chi connectivity index (χ3v) is 6.10. The SMILES string of the molecule is COc1cc(CN2C(=O)N(Cc3ccc(Cl)cc3)C(=O)C3NCCCC32)cc(OC)c1. The number of rotatable bonds is 6. The van der Waals surface area contributed by atoms with E-state index in [1.807, 2.05) is 24.3 Å². The van der Waals surface area contributed by atoms with Crippen molar-refractivity contribution >= 4 is 23.5 Å². The van der Waals surface area contributed by atoms with E-state index in [9.17, 15) is 9.59 Å². The van der Waals surface area contributed by atoms with Crippen LogP contribution < -0.4 is 14.8 Å². The zero-order valence-corrected chi connectivity index (χ0v) is 18.4. The van der Waals surface area contributed by atoms with Crippen LogP contribution in [-0.4, -0.2) is 54.6 Å². The highest BCUT2D eigenvalue weighted by molar-refractivity contribution is 6.30. The molecule has 2 fully saturated rings. The van der Waals surface area contributed by atoms with Gasteiger partial charge in [0.25, 0.3) is 0 Å². The first-order valence-corrected chi connectivity index (χ1v) is 10.7. The molecule has 0 bridgehead atoms. The zero-order valence-electron chi connectivity index (χ0n) is 17.6. The van der Waals surface area contributed by atoms with Crippen molar-refractivity contribution in [1.82, 2.24) is 15.1 Å². The van der Waals surface area contributed by atoms with Gasteiger partial charge in [0.1, 0.15) is 17.5 Å². The van der Waals surface area contributed by atoms with Gasteiger partial charge in [0, 0.05) is 17.6 Å². The topological polar surface area (TPSA) is 71.1 Å². The van der Waals surface area contributed by atoms with Crippen molar-refractivity contribution in [2.24, 2.45) is 0 Å². The van der Waals surface area contributed by atoms with Crippen LogP contribution in [0.2, 0.25) is 5.02 Å². The number of benzene rings is 2. The Hall–Kier alpha value is -2.77. The van der Waals surface area contributed by atoms with E-state index in [2.05, 4.69) is 5.32 Å². The molecule has 2 aromatic rings. The van der Waals surface area contributed by atoms with Crippen LogP contribution in [0.4, 0.5) is 4.79 Å². The van der Waals surface area contributed by atoms with E-state index in [-0.39, 0.29) is 24.5 Å². The number of piperidine rings is 1. The van der Waals surface area contributed by atoms with Crippen molar-refractivity contribution in [1.29, 1.82) is 0 Å². The van der Waals surface area contributed by atoms with Crippen molar-refractivity contribution in [3.63, 3.8) is 0 Å². The van der Waals surface area contributed by atoms with Crippen LogP contribution in [0, 0.1) is 0 Å². The summed E-state index contributed by atoms with van der Waals surface area (Å²) in [5.41, 5.74) is 1.73. The molecule has 2 heterocycles. The minimum absolute atomic E-state index is 0.177. The van der Waals surface area contributed by atoms with Crippen LogP contribution in [0.5, 0.6) is 11.5 Å². The Morgan fingerprint density at radius 2 is 1.68 bits per heavy atom. The molecular formula is C23H26ClN3O4. The first-order valence-electron chi connectivity index (χ1n) is 10.3. The van der Waals surface area contributed by atoms with Crippen LogP contribution in [0.1, 0.15) is 24.0 Å². The van der Waals surface area contributed by atoms with Gasteiger partial charge in [-0.2, -0.15) is 0 Å². The standard InChI is InChI=1S/C23H26ClN3O4/c1-30-18-10-16(11-19(12-18)31-2)14-26-20-4-3-9-25-21(20)22(28)27(23(26)29)13-15-5-7-17(24)8-6-15/h5-8,10-12,20-21,25H,3-4,9,13-14H2,1-2H3. The average Bonchev–Trinajstić information content (AvgIpc) is 2.80. The number of methoxy groups -OCH3 is 2. The number of imide groups is 1. The van der Waals surface area contributed by atoms with Gasteiger partial charge in [0.05, 0.1) is 26.8 Å². The fraction of sp³-hybridized carbons (Fsp3) is 0.391. The van der Waals surface area contributed by atoms with E-state index in [0.717, 1.165) is 30.5 Å². The number of ether oxygens (including phenoxy) is 2. The van der Waals surface area contributed by atoms with Crippen molar-refractivity contribution in [2.45, 2.75) is 38.0 Å². The number of urea groups is 1. The summed E-state index contributed by atoms with van der Waals surface area (Å²) in [6, 6.07) is 11.9. The first-order chi connectivity index (χ1) is 15.0. The maximum Gasteiger partial charge on any atom is 0.327 e. The summed E-state index contributed by atoms with van der Waals surface area (Å²) in [6.45, 7) is 1.33. The number of nitrogens with one attached hydrogen (secondary N) is 1. The van der Waals surface area contributed by atoms with E-state index < -0.39 is 6.04 Å². The molecule has 3 amide bonds. The minimum Gasteiger partial charge on any atom is -0.497 e. The lowest BCUT2D eigenvalue weighted by Gasteiger charge is -2.47. The molecule has 2 aliphatic rings. The highest BCUT2D eigenvalue weighted by Crippen LogP contribution is 2.30. The van der Waals surface area contributed by atoms with Crippen molar-refractivity contribution in [3.05, 3.63) is 58.6 Å². The van der Waals surface area contributed by atoms with Gasteiger partial charge in [-0.3, -0.25) is 9.69 Å². The van der Waals surface area contributed by atoms with Gasteiger partial charge in [-0.05, 0) is 54.8 Å². The Bertz CT molecular complexity index is 944. The second kappa shape index (κ2) is 9.16. The number of carbonyl (C=O) groups excluding carboxylic acids is 2. The summed E-state index contributed by atoms with van der Waals surface area (Å²) < 4.78 is 10.8. The molecule has 7 nitrogen and oxygen atoms in total. The molecule has 0 radical (unpaired) electrons. The normalized spacial score (nSPS) is 21.1. The smallest absolute Gasteiger partial charge is 0.327 e. The van der Waals surface area contributed by atoms with Crippen molar-refractivity contribution in [3.8, 4) is 11.5 Å². The van der Waals surface area contributed by atoms with Crippen molar-refractivity contribution < 1.29 is 19.1 Å². The highest BCUT2D eigenvalue weighted by Gasteiger charge is 2.47. The Balaban J connectivity index is 1.64. The first kappa shape index (κ1) is 21.5. The molecule has 164 valence electrons. The van der Waals surface area contributed by atoms with Crippen molar-refractivity contribution in [2.75, 3.05) is 20.8 Å². The largest absolute Gasteiger partial charge is 0.497 e. The molecule has 8 heteroatoms. The number of fused-ring (bicyclic) bond motifs is 1. The van der Waals surface area contributed by atoms with Crippen LogP contribution in [0.15, 0.2) is 42.5 Å². The fourth-order valence-electron chi connectivity index (χ4n) is 4.28. The zero-order chi connectivity index (χ0) is 22.0. The van der Waals surface area contributed by atoms with Gasteiger partial charge in [0.2, 0.25) is 5.91 Å². The average molecular weight is 444 g/mol. The quantitative estimate of drug-likeness (QED) is 0.740. The van der Waals surface area contributed by atoms with E-state index >= 15 is 0 Å². The number of amides is 3. The molecule has 0 saturated carbocycles. The maximum absolute atomic E-state index is 13.5. The number of hydrogen-bond acceptors (Lipinski definition) is 5. The third kappa shape index (κ3) is 4.48. The molecule has 2 aliphatic heterocycles. The predicted molar refractivity (Wildman–Crippen MR) is 117 cm³/mol. The van der Waals surface area contributed by atoms with Gasteiger partial charge < -0.3 is 19.7 Å². The van der Waals surface area contributed by atoms with Crippen LogP contribution in [-0.2, 0) is 17.9 Å². The molecule has 0 aliphatic carbocycles. The van der Waals surface area contributed by atoms with Gasteiger partial charge in [-0.1, -0.05) is 23.7 Å². The summed E-state index contributed by atoms with van der Waals surface area (Å²) in [4.78, 5) is 29.8. The lowest BCUT2D eigenvalue weighted by Crippen LogP contribution is -2.68. The maximum atomic E-state index is 13.5. The highest BCUT2D eigenvalue weighted by atomic mass is 35.5. The molecular weight excluding hydrogens is 418 g/mol. The molecule has 1 N–H and O–H groups in total. The number of halogens is 1. The lowest BCUT2D eigenvalue weighted by molar-refractivity contribution is -0.137. The van der Waals surface area contributed by atoms with Crippen LogP contribution in [0.25, 0.3) is 0 Å². The van der Waals surface area contributed by atoms with E-state index in [1.54, 1.807) is 37.3 Å². The molecule has 2 atom stereocenters. The van der Waals surface area contributed by atoms with Gasteiger partial charge in [-0.15, -0.1) is 0 Å². The molecule has 31 heavy (non-hydrogen) atoms. The summed E-state index contributed by atoms with van der Waals surface area (Å²) >= 11 is 5.98. The summed E-state index contributed by atoms with van der Waals surface area (Å²) in [7, 11) is 3.19. The number of hydrogen-bond donors (Lipinski definition) is 1. The second-order valence-electron chi connectivity index (χ2n) is 7.82.